The average Bonchev–Trinajstić information content (AvgIpc) is 3.96. The number of carbonyl (C=O) groups is 8. The third-order valence-corrected chi connectivity index (χ3v) is 15.5. The van der Waals surface area contributed by atoms with E-state index in [1.807, 2.05) is 13.0 Å². The van der Waals surface area contributed by atoms with Crippen molar-refractivity contribution in [3.8, 4) is 5.75 Å². The molecular weight excluding hydrogens is 1000 g/mol. The number of hydrogen-bond acceptors (Lipinski definition) is 13. The first-order chi connectivity index (χ1) is 35.7. The lowest BCUT2D eigenvalue weighted by molar-refractivity contribution is -0.162. The Morgan fingerprint density at radius 2 is 1.79 bits per heavy atom. The maximum Gasteiger partial charge on any atom is 0.409 e. The van der Waals surface area contributed by atoms with E-state index in [0.717, 1.165) is 16.0 Å². The number of fused-ring (bicyclic) bond motifs is 5. The normalized spacial score (nSPS) is 27.0. The van der Waals surface area contributed by atoms with Gasteiger partial charge < -0.3 is 55.1 Å². The molecule has 0 aromatic heterocycles. The molecular formula is C55H78ClN7O13. The standard InChI is InChI=1S/C55H78ClN7O13/c1-31(2)39(28-38(64)19-13-12-14-24-63-34(5)21-22-45(63)65)49(67)59-40(20-16-23-58-52(57)70)50(68)61(9)36(7)51(69)75-44-29-46(66)62(10)41-26-37(27-42(73-11)47(41)56)25-32(3)17-15-18-33(4)55(72)30-43(74-53(71)60-55)35(6)48-54(44,8)76-48/h15,17-18,21-22,26-27,31,33,35-36,39-40,43-44,48,72H,5,12-14,16,19-20,23-25,28-30H2,1-4,6-11H3,(H,59,67)(H,60,71)(H3,57,58,70)/b18-15+,32-17+/t33?,35?,36-,39-,40-,43?,44?,48?,54?,55?/m0/s1. The summed E-state index contributed by atoms with van der Waals surface area (Å²) in [5.41, 5.74) is 4.89. The molecule has 4 aliphatic heterocycles. The number of urea groups is 1. The number of likely N-dealkylation sites (N-methyl/N-ethyl adjacent to an activating group) is 1. The number of anilines is 1. The Morgan fingerprint density at radius 3 is 2.43 bits per heavy atom. The lowest BCUT2D eigenvalue weighted by Gasteiger charge is -2.41. The largest absolute Gasteiger partial charge is 0.495 e. The second-order valence-electron chi connectivity index (χ2n) is 21.2. The number of amides is 7. The number of benzene rings is 1. The van der Waals surface area contributed by atoms with Gasteiger partial charge in [0.05, 0.1) is 25.3 Å². The predicted molar refractivity (Wildman–Crippen MR) is 284 cm³/mol. The van der Waals surface area contributed by atoms with E-state index >= 15 is 0 Å². The molecule has 0 saturated carbocycles. The highest BCUT2D eigenvalue weighted by molar-refractivity contribution is 6.35. The molecule has 6 N–H and O–H groups in total. The second kappa shape index (κ2) is 26.2. The molecule has 10 atom stereocenters. The molecule has 4 heterocycles. The van der Waals surface area contributed by atoms with Crippen LogP contribution < -0.4 is 31.3 Å². The molecule has 418 valence electrons. The van der Waals surface area contributed by atoms with Crippen molar-refractivity contribution in [3.05, 3.63) is 70.9 Å². The van der Waals surface area contributed by atoms with Crippen molar-refractivity contribution < 1.29 is 62.4 Å². The monoisotopic (exact) mass is 1080 g/mol. The van der Waals surface area contributed by atoms with Gasteiger partial charge in [-0.2, -0.15) is 0 Å². The summed E-state index contributed by atoms with van der Waals surface area (Å²) in [7, 11) is 4.37. The fourth-order valence-corrected chi connectivity index (χ4v) is 10.2. The van der Waals surface area contributed by atoms with Crippen LogP contribution in [0.3, 0.4) is 0 Å². The van der Waals surface area contributed by atoms with E-state index in [1.165, 1.54) is 39.1 Å². The molecule has 0 spiro atoms. The van der Waals surface area contributed by atoms with Crippen LogP contribution in [0.4, 0.5) is 15.3 Å². The lowest BCUT2D eigenvalue weighted by atomic mass is 9.82. The van der Waals surface area contributed by atoms with E-state index in [0.29, 0.717) is 49.4 Å². The van der Waals surface area contributed by atoms with Crippen molar-refractivity contribution >= 4 is 64.8 Å². The summed E-state index contributed by atoms with van der Waals surface area (Å²) in [5, 5.41) is 19.9. The summed E-state index contributed by atoms with van der Waals surface area (Å²) in [4.78, 5) is 111. The number of allylic oxidation sites excluding steroid dienone is 4. The number of esters is 1. The molecule has 1 aromatic rings. The number of primary amides is 1. The first-order valence-corrected chi connectivity index (χ1v) is 26.5. The van der Waals surface area contributed by atoms with E-state index in [2.05, 4.69) is 22.5 Å². The van der Waals surface area contributed by atoms with E-state index < -0.39 is 102 Å². The number of epoxide rings is 1. The Morgan fingerprint density at radius 1 is 1.08 bits per heavy atom. The summed E-state index contributed by atoms with van der Waals surface area (Å²) in [6.07, 6.45) is 7.10. The van der Waals surface area contributed by atoms with Gasteiger partial charge in [-0.3, -0.25) is 29.3 Å². The highest BCUT2D eigenvalue weighted by Crippen LogP contribution is 2.49. The number of nitrogens with two attached hydrogens (primary N) is 1. The number of nitrogens with zero attached hydrogens (tertiary/aromatic N) is 3. The molecule has 0 aliphatic carbocycles. The zero-order valence-electron chi connectivity index (χ0n) is 45.6. The number of ether oxygens (including phenoxy) is 4. The topological polar surface area (TPSA) is 269 Å². The number of ketones is 1. The van der Waals surface area contributed by atoms with Gasteiger partial charge in [-0.15, -0.1) is 0 Å². The molecule has 2 fully saturated rings. The van der Waals surface area contributed by atoms with E-state index in [1.54, 1.807) is 69.9 Å². The first kappa shape index (κ1) is 60.6. The zero-order chi connectivity index (χ0) is 56.4. The number of carbonyl (C=O) groups excluding carboxylic acids is 8. The summed E-state index contributed by atoms with van der Waals surface area (Å²) in [6, 6.07) is 0.235. The van der Waals surface area contributed by atoms with Crippen molar-refractivity contribution in [2.45, 2.75) is 154 Å². The minimum atomic E-state index is -1.70. The van der Waals surface area contributed by atoms with Crippen LogP contribution in [0.1, 0.15) is 112 Å². The molecule has 5 rings (SSSR count). The predicted octanol–water partition coefficient (Wildman–Crippen LogP) is 5.77. The third kappa shape index (κ3) is 15.2. The van der Waals surface area contributed by atoms with Gasteiger partial charge in [0, 0.05) is 76.0 Å². The average molecular weight is 1080 g/mol. The quantitative estimate of drug-likeness (QED) is 0.0590. The SMILES string of the molecule is C=C1C=CC(=O)N1CCCCCC(=O)C[C@H](C(=O)N[C@@H](CCCNC(N)=O)C(=O)N(C)[C@@H](C)C(=O)OC1CC(=O)N(C)c2cc(cc(OC)c2Cl)C/C(C)=C/C=C/C(C)C2(O)CC(OC(=O)N2)C(C)C2OC12C)C(C)C. The Kier molecular flexibility index (Phi) is 20.9. The van der Waals surface area contributed by atoms with Crippen LogP contribution in [0, 0.1) is 23.7 Å². The zero-order valence-corrected chi connectivity index (χ0v) is 46.3. The van der Waals surface area contributed by atoms with Gasteiger partial charge in [-0.05, 0) is 82.6 Å². The molecule has 21 heteroatoms. The molecule has 0 radical (unpaired) electrons. The van der Waals surface area contributed by atoms with E-state index in [-0.39, 0.29) is 61.3 Å². The maximum absolute atomic E-state index is 14.5. The lowest BCUT2D eigenvalue weighted by Crippen LogP contribution is -2.60. The summed E-state index contributed by atoms with van der Waals surface area (Å²) in [5.74, 6) is -4.84. The van der Waals surface area contributed by atoms with Crippen molar-refractivity contribution in [1.82, 2.24) is 25.8 Å². The van der Waals surface area contributed by atoms with Crippen molar-refractivity contribution in [1.29, 1.82) is 0 Å². The number of hydrogen-bond donors (Lipinski definition) is 5. The van der Waals surface area contributed by atoms with Crippen molar-refractivity contribution in [2.75, 3.05) is 39.2 Å². The van der Waals surface area contributed by atoms with E-state index in [4.69, 9.17) is 36.3 Å². The molecule has 1 aromatic carbocycles. The van der Waals surface area contributed by atoms with Crippen LogP contribution in [-0.4, -0.2) is 138 Å². The van der Waals surface area contributed by atoms with Crippen LogP contribution in [0.15, 0.2) is 60.4 Å². The Balaban J connectivity index is 1.37. The summed E-state index contributed by atoms with van der Waals surface area (Å²) >= 11 is 6.85. The highest BCUT2D eigenvalue weighted by Gasteiger charge is 2.64. The van der Waals surface area contributed by atoms with Crippen LogP contribution >= 0.6 is 11.6 Å². The van der Waals surface area contributed by atoms with Gasteiger partial charge in [0.2, 0.25) is 17.7 Å². The number of nitrogens with one attached hydrogen (secondary N) is 3. The van der Waals surface area contributed by atoms with Crippen LogP contribution in [-0.2, 0) is 49.4 Å². The fraction of sp³-hybridized carbons (Fsp3) is 0.600. The first-order valence-electron chi connectivity index (χ1n) is 26.1. The number of halogens is 1. The third-order valence-electron chi connectivity index (χ3n) is 15.2. The molecule has 76 heavy (non-hydrogen) atoms. The Labute approximate surface area is 451 Å². The van der Waals surface area contributed by atoms with Gasteiger partial charge in [-0.1, -0.05) is 76.1 Å². The van der Waals surface area contributed by atoms with Crippen molar-refractivity contribution in [3.63, 3.8) is 0 Å². The molecule has 7 amide bonds. The molecule has 4 bridgehead atoms. The molecule has 2 saturated heterocycles. The Bertz CT molecular complexity index is 2460. The minimum absolute atomic E-state index is 0.0159. The summed E-state index contributed by atoms with van der Waals surface area (Å²) < 4.78 is 23.9. The number of methoxy groups -OCH3 is 1. The van der Waals surface area contributed by atoms with Gasteiger partial charge in [0.25, 0.3) is 5.91 Å². The van der Waals surface area contributed by atoms with Crippen molar-refractivity contribution in [2.24, 2.45) is 29.4 Å². The maximum atomic E-state index is 14.5. The number of rotatable bonds is 20. The minimum Gasteiger partial charge on any atom is -0.495 e. The van der Waals surface area contributed by atoms with Crippen LogP contribution in [0.2, 0.25) is 5.02 Å². The number of alkyl carbamates (subject to hydrolysis) is 1. The fourth-order valence-electron chi connectivity index (χ4n) is 9.89. The number of unbranched alkanes of at least 4 members (excludes halogenated alkanes) is 2. The molecule has 20 nitrogen and oxygen atoms in total. The number of Topliss-reactive ketones (excluding diaryl/α,β-unsaturated/α-hetero) is 1. The summed E-state index contributed by atoms with van der Waals surface area (Å²) in [6.45, 7) is 16.6. The van der Waals surface area contributed by atoms with Crippen LogP contribution in [0.25, 0.3) is 0 Å². The van der Waals surface area contributed by atoms with Gasteiger partial charge in [0.15, 0.2) is 0 Å². The van der Waals surface area contributed by atoms with Gasteiger partial charge in [-0.25, -0.2) is 14.4 Å². The van der Waals surface area contributed by atoms with Gasteiger partial charge in [0.1, 0.15) is 52.2 Å². The van der Waals surface area contributed by atoms with Gasteiger partial charge >= 0.3 is 18.1 Å². The van der Waals surface area contributed by atoms with E-state index in [9.17, 15) is 43.5 Å². The van der Waals surface area contributed by atoms with Crippen LogP contribution in [0.5, 0.6) is 5.75 Å². The smallest absolute Gasteiger partial charge is 0.409 e. The molecule has 4 aliphatic rings. The highest BCUT2D eigenvalue weighted by atomic mass is 35.5. The Hall–Kier alpha value is -6.25. The number of aliphatic hydroxyl groups is 1. The second-order valence-corrected chi connectivity index (χ2v) is 21.6. The molecule has 7 unspecified atom stereocenters.